The summed E-state index contributed by atoms with van der Waals surface area (Å²) in [5.74, 6) is 1.16. The zero-order chi connectivity index (χ0) is 22.9. The lowest BCUT2D eigenvalue weighted by atomic mass is 10.0. The molecule has 0 unspecified atom stereocenters. The van der Waals surface area contributed by atoms with Crippen LogP contribution in [-0.2, 0) is 10.0 Å². The second-order valence-electron chi connectivity index (χ2n) is 8.13. The van der Waals surface area contributed by atoms with E-state index in [0.29, 0.717) is 36.3 Å². The predicted octanol–water partition coefficient (Wildman–Crippen LogP) is 3.32. The summed E-state index contributed by atoms with van der Waals surface area (Å²) in [6.45, 7) is 7.07. The molecule has 1 aromatic heterocycles. The quantitative estimate of drug-likeness (QED) is 0.587. The lowest BCUT2D eigenvalue weighted by Crippen LogP contribution is -2.50. The van der Waals surface area contributed by atoms with Crippen molar-refractivity contribution in [3.8, 4) is 11.4 Å². The van der Waals surface area contributed by atoms with Crippen molar-refractivity contribution in [3.63, 3.8) is 0 Å². The van der Waals surface area contributed by atoms with E-state index in [1.165, 1.54) is 4.31 Å². The van der Waals surface area contributed by atoms with Crippen LogP contribution in [-0.4, -0.2) is 59.8 Å². The van der Waals surface area contributed by atoms with Crippen molar-refractivity contribution in [1.29, 1.82) is 0 Å². The molecule has 0 spiro atoms. The summed E-state index contributed by atoms with van der Waals surface area (Å²) in [7, 11) is -3.58. The number of nitrogens with zero attached hydrogens (tertiary/aromatic N) is 4. The first-order valence-corrected chi connectivity index (χ1v) is 12.0. The van der Waals surface area contributed by atoms with E-state index in [9.17, 15) is 13.2 Å². The smallest absolute Gasteiger partial charge is 0.253 e. The molecule has 32 heavy (non-hydrogen) atoms. The first-order chi connectivity index (χ1) is 15.3. The molecule has 0 saturated carbocycles. The summed E-state index contributed by atoms with van der Waals surface area (Å²) >= 11 is 0. The molecule has 0 N–H and O–H groups in total. The maximum atomic E-state index is 13.0. The fourth-order valence-electron chi connectivity index (χ4n) is 3.67. The summed E-state index contributed by atoms with van der Waals surface area (Å²) < 4.78 is 32.4. The minimum atomic E-state index is -3.58. The van der Waals surface area contributed by atoms with Crippen molar-refractivity contribution in [2.45, 2.75) is 31.6 Å². The lowest BCUT2D eigenvalue weighted by molar-refractivity contribution is 0.0698. The Labute approximate surface area is 187 Å². The van der Waals surface area contributed by atoms with Crippen LogP contribution in [0.5, 0.6) is 0 Å². The van der Waals surface area contributed by atoms with E-state index in [4.69, 9.17) is 4.52 Å². The molecule has 4 rings (SSSR count). The van der Waals surface area contributed by atoms with E-state index < -0.39 is 10.0 Å². The van der Waals surface area contributed by atoms with Crippen LogP contribution in [0.3, 0.4) is 0 Å². The Morgan fingerprint density at radius 2 is 1.59 bits per heavy atom. The average Bonchev–Trinajstić information content (AvgIpc) is 3.25. The Morgan fingerprint density at radius 1 is 0.969 bits per heavy atom. The van der Waals surface area contributed by atoms with Gasteiger partial charge in [0.1, 0.15) is 0 Å². The summed E-state index contributed by atoms with van der Waals surface area (Å²) in [6, 6.07) is 14.0. The fraction of sp³-hybridized carbons (Fsp3) is 0.348. The highest BCUT2D eigenvalue weighted by Gasteiger charge is 2.30. The first-order valence-electron chi connectivity index (χ1n) is 10.6. The Bertz CT molecular complexity index is 1190. The highest BCUT2D eigenvalue weighted by atomic mass is 32.2. The van der Waals surface area contributed by atoms with Gasteiger partial charge in [-0.2, -0.15) is 9.29 Å². The second kappa shape index (κ2) is 8.84. The number of rotatable bonds is 5. The van der Waals surface area contributed by atoms with Crippen LogP contribution in [0.25, 0.3) is 11.4 Å². The van der Waals surface area contributed by atoms with Crippen LogP contribution in [0.15, 0.2) is 57.9 Å². The Hall–Kier alpha value is -3.04. The van der Waals surface area contributed by atoms with Gasteiger partial charge in [0, 0.05) is 44.2 Å². The van der Waals surface area contributed by atoms with Gasteiger partial charge in [-0.3, -0.25) is 4.79 Å². The fourth-order valence-corrected chi connectivity index (χ4v) is 5.09. The number of carbonyl (C=O) groups is 1. The molecule has 0 bridgehead atoms. The van der Waals surface area contributed by atoms with E-state index in [-0.39, 0.29) is 23.9 Å². The summed E-state index contributed by atoms with van der Waals surface area (Å²) in [4.78, 5) is 19.0. The van der Waals surface area contributed by atoms with Gasteiger partial charge >= 0.3 is 0 Å². The maximum absolute atomic E-state index is 13.0. The number of benzene rings is 2. The molecule has 2 aromatic carbocycles. The molecule has 0 aliphatic carbocycles. The number of aryl methyl sites for hydroxylation is 1. The van der Waals surface area contributed by atoms with E-state index in [0.717, 1.165) is 11.1 Å². The highest BCUT2D eigenvalue weighted by Crippen LogP contribution is 2.22. The third-order valence-electron chi connectivity index (χ3n) is 5.63. The van der Waals surface area contributed by atoms with Crippen LogP contribution in [0, 0.1) is 6.92 Å². The van der Waals surface area contributed by atoms with Gasteiger partial charge in [0.2, 0.25) is 21.7 Å². The van der Waals surface area contributed by atoms with E-state index in [2.05, 4.69) is 24.0 Å². The van der Waals surface area contributed by atoms with Crippen molar-refractivity contribution in [3.05, 3.63) is 65.5 Å². The van der Waals surface area contributed by atoms with Crippen LogP contribution < -0.4 is 0 Å². The third-order valence-corrected chi connectivity index (χ3v) is 7.54. The standard InChI is InChI=1S/C23H26N4O4S/c1-16(2)18-8-10-21(11-9-18)32(29,30)27-14-12-26(13-15-27)23(28)20-6-4-19(5-7-20)22-24-17(3)31-25-22/h4-11,16H,12-15H2,1-3H3. The zero-order valence-electron chi connectivity index (χ0n) is 18.4. The highest BCUT2D eigenvalue weighted by molar-refractivity contribution is 7.89. The number of hydrogen-bond donors (Lipinski definition) is 0. The molecule has 0 radical (unpaired) electrons. The first kappa shape index (κ1) is 22.2. The summed E-state index contributed by atoms with van der Waals surface area (Å²) in [5.41, 5.74) is 2.40. The minimum Gasteiger partial charge on any atom is -0.339 e. The molecular formula is C23H26N4O4S. The monoisotopic (exact) mass is 454 g/mol. The van der Waals surface area contributed by atoms with Gasteiger partial charge < -0.3 is 9.42 Å². The minimum absolute atomic E-state index is 0.126. The molecule has 168 valence electrons. The van der Waals surface area contributed by atoms with Gasteiger partial charge in [-0.05, 0) is 35.7 Å². The molecule has 0 atom stereocenters. The molecule has 3 aromatic rings. The maximum Gasteiger partial charge on any atom is 0.253 e. The van der Waals surface area contributed by atoms with Crippen LogP contribution in [0.4, 0.5) is 0 Å². The largest absolute Gasteiger partial charge is 0.339 e. The topological polar surface area (TPSA) is 96.6 Å². The lowest BCUT2D eigenvalue weighted by Gasteiger charge is -2.34. The van der Waals surface area contributed by atoms with Crippen LogP contribution in [0.1, 0.15) is 41.6 Å². The van der Waals surface area contributed by atoms with Crippen molar-refractivity contribution in [2.24, 2.45) is 0 Å². The molecule has 1 aliphatic rings. The van der Waals surface area contributed by atoms with Gasteiger partial charge in [0.05, 0.1) is 4.90 Å². The Balaban J connectivity index is 1.40. The van der Waals surface area contributed by atoms with Gasteiger partial charge in [-0.25, -0.2) is 8.42 Å². The number of aromatic nitrogens is 2. The Morgan fingerprint density at radius 3 is 2.12 bits per heavy atom. The number of carbonyl (C=O) groups excluding carboxylic acids is 1. The molecule has 1 saturated heterocycles. The van der Waals surface area contributed by atoms with Crippen molar-refractivity contribution < 1.29 is 17.7 Å². The molecule has 1 aliphatic heterocycles. The summed E-state index contributed by atoms with van der Waals surface area (Å²) in [6.07, 6.45) is 0. The SMILES string of the molecule is Cc1nc(-c2ccc(C(=O)N3CCN(S(=O)(=O)c4ccc(C(C)C)cc4)CC3)cc2)no1. The van der Waals surface area contributed by atoms with E-state index in [1.807, 2.05) is 12.1 Å². The summed E-state index contributed by atoms with van der Waals surface area (Å²) in [5, 5.41) is 3.88. The molecule has 2 heterocycles. The number of piperazine rings is 1. The Kier molecular flexibility index (Phi) is 6.12. The van der Waals surface area contributed by atoms with Crippen LogP contribution in [0.2, 0.25) is 0 Å². The predicted molar refractivity (Wildman–Crippen MR) is 120 cm³/mol. The third kappa shape index (κ3) is 4.44. The van der Waals surface area contributed by atoms with Gasteiger partial charge in [-0.15, -0.1) is 0 Å². The van der Waals surface area contributed by atoms with Crippen LogP contribution >= 0.6 is 0 Å². The number of amides is 1. The normalized spacial score (nSPS) is 15.3. The van der Waals surface area contributed by atoms with E-state index >= 15 is 0 Å². The van der Waals surface area contributed by atoms with Gasteiger partial charge in [0.15, 0.2) is 0 Å². The van der Waals surface area contributed by atoms with Gasteiger partial charge in [-0.1, -0.05) is 43.3 Å². The molecule has 8 nitrogen and oxygen atoms in total. The molecule has 9 heteroatoms. The number of hydrogen-bond acceptors (Lipinski definition) is 6. The van der Waals surface area contributed by atoms with Gasteiger partial charge in [0.25, 0.3) is 5.91 Å². The molecule has 1 fully saturated rings. The van der Waals surface area contributed by atoms with Crippen molar-refractivity contribution >= 4 is 15.9 Å². The zero-order valence-corrected chi connectivity index (χ0v) is 19.2. The average molecular weight is 455 g/mol. The number of sulfonamides is 1. The van der Waals surface area contributed by atoms with Crippen molar-refractivity contribution in [2.75, 3.05) is 26.2 Å². The molecular weight excluding hydrogens is 428 g/mol. The molecule has 1 amide bonds. The van der Waals surface area contributed by atoms with E-state index in [1.54, 1.807) is 48.2 Å². The van der Waals surface area contributed by atoms with Crippen molar-refractivity contribution in [1.82, 2.24) is 19.3 Å². The second-order valence-corrected chi connectivity index (χ2v) is 10.1.